The van der Waals surface area contributed by atoms with Crippen LogP contribution in [0.2, 0.25) is 5.02 Å². The molecule has 0 aliphatic carbocycles. The van der Waals surface area contributed by atoms with Crippen LogP contribution in [0, 0.1) is 0 Å². The Morgan fingerprint density at radius 1 is 0.947 bits per heavy atom. The standard InChI is InChI=1S/C16H8BrClO/c17-11-6-3-4-9-8-12(18)15-10-5-1-2-7-13(10)19-16(15)14(9)11/h1-8H. The summed E-state index contributed by atoms with van der Waals surface area (Å²) in [6.45, 7) is 0. The Balaban J connectivity index is 2.39. The molecule has 19 heavy (non-hydrogen) atoms. The second-order valence-corrected chi connectivity index (χ2v) is 5.76. The molecule has 0 spiro atoms. The number of para-hydroxylation sites is 1. The molecule has 0 unspecified atom stereocenters. The topological polar surface area (TPSA) is 13.1 Å². The zero-order valence-corrected chi connectivity index (χ0v) is 12.1. The highest BCUT2D eigenvalue weighted by molar-refractivity contribution is 9.10. The molecule has 0 aliphatic rings. The van der Waals surface area contributed by atoms with Crippen molar-refractivity contribution in [2.24, 2.45) is 0 Å². The van der Waals surface area contributed by atoms with Crippen molar-refractivity contribution in [3.63, 3.8) is 0 Å². The van der Waals surface area contributed by atoms with E-state index in [0.717, 1.165) is 42.2 Å². The van der Waals surface area contributed by atoms with Crippen molar-refractivity contribution >= 4 is 60.2 Å². The van der Waals surface area contributed by atoms with Crippen molar-refractivity contribution in [2.45, 2.75) is 0 Å². The van der Waals surface area contributed by atoms with Crippen LogP contribution >= 0.6 is 27.5 Å². The molecule has 0 fully saturated rings. The highest BCUT2D eigenvalue weighted by Crippen LogP contribution is 2.41. The lowest BCUT2D eigenvalue weighted by molar-refractivity contribution is 0.672. The monoisotopic (exact) mass is 330 g/mol. The lowest BCUT2D eigenvalue weighted by atomic mass is 10.1. The fourth-order valence-electron chi connectivity index (χ4n) is 2.57. The molecule has 1 nitrogen and oxygen atoms in total. The first-order valence-corrected chi connectivity index (χ1v) is 7.11. The van der Waals surface area contributed by atoms with Gasteiger partial charge in [0.15, 0.2) is 0 Å². The number of furan rings is 1. The fraction of sp³-hybridized carbons (Fsp3) is 0. The van der Waals surface area contributed by atoms with Crippen LogP contribution in [0.4, 0.5) is 0 Å². The minimum atomic E-state index is 0.727. The van der Waals surface area contributed by atoms with Gasteiger partial charge in [0.05, 0.1) is 5.02 Å². The number of hydrogen-bond acceptors (Lipinski definition) is 1. The number of fused-ring (bicyclic) bond motifs is 5. The normalized spacial score (nSPS) is 11.7. The second kappa shape index (κ2) is 3.99. The van der Waals surface area contributed by atoms with Crippen molar-refractivity contribution in [1.82, 2.24) is 0 Å². The van der Waals surface area contributed by atoms with E-state index in [-0.39, 0.29) is 0 Å². The van der Waals surface area contributed by atoms with E-state index in [9.17, 15) is 0 Å². The van der Waals surface area contributed by atoms with Gasteiger partial charge in [-0.3, -0.25) is 0 Å². The van der Waals surface area contributed by atoms with Crippen LogP contribution in [0.5, 0.6) is 0 Å². The van der Waals surface area contributed by atoms with E-state index in [0.29, 0.717) is 0 Å². The van der Waals surface area contributed by atoms with Gasteiger partial charge in [0, 0.05) is 20.6 Å². The first kappa shape index (κ1) is 11.3. The molecule has 3 aromatic carbocycles. The maximum atomic E-state index is 6.43. The molecule has 0 aliphatic heterocycles. The predicted octanol–water partition coefficient (Wildman–Crippen LogP) is 6.16. The van der Waals surface area contributed by atoms with Gasteiger partial charge in [-0.25, -0.2) is 0 Å². The van der Waals surface area contributed by atoms with E-state index in [2.05, 4.69) is 15.9 Å². The Hall–Kier alpha value is -1.51. The van der Waals surface area contributed by atoms with Crippen LogP contribution in [-0.2, 0) is 0 Å². The van der Waals surface area contributed by atoms with Crippen molar-refractivity contribution in [3.05, 3.63) is 58.0 Å². The van der Waals surface area contributed by atoms with E-state index >= 15 is 0 Å². The maximum Gasteiger partial charge on any atom is 0.145 e. The summed E-state index contributed by atoms with van der Waals surface area (Å²) in [5.41, 5.74) is 1.71. The van der Waals surface area contributed by atoms with Crippen LogP contribution in [0.3, 0.4) is 0 Å². The van der Waals surface area contributed by atoms with Crippen molar-refractivity contribution in [2.75, 3.05) is 0 Å². The third-order valence-corrected chi connectivity index (χ3v) is 4.35. The van der Waals surface area contributed by atoms with E-state index in [1.165, 1.54) is 0 Å². The Kier molecular flexibility index (Phi) is 2.38. The molecule has 4 rings (SSSR count). The maximum absolute atomic E-state index is 6.43. The van der Waals surface area contributed by atoms with Gasteiger partial charge >= 0.3 is 0 Å². The third kappa shape index (κ3) is 1.54. The van der Waals surface area contributed by atoms with Crippen LogP contribution in [0.15, 0.2) is 57.4 Å². The largest absolute Gasteiger partial charge is 0.455 e. The Morgan fingerprint density at radius 2 is 1.79 bits per heavy atom. The smallest absolute Gasteiger partial charge is 0.145 e. The van der Waals surface area contributed by atoms with Crippen molar-refractivity contribution in [3.8, 4) is 0 Å². The van der Waals surface area contributed by atoms with E-state index in [1.54, 1.807) is 0 Å². The second-order valence-electron chi connectivity index (χ2n) is 4.50. The van der Waals surface area contributed by atoms with Gasteiger partial charge in [-0.05, 0) is 23.6 Å². The van der Waals surface area contributed by atoms with Gasteiger partial charge < -0.3 is 4.42 Å². The summed E-state index contributed by atoms with van der Waals surface area (Å²) in [6, 6.07) is 16.0. The molecule has 0 amide bonds. The van der Waals surface area contributed by atoms with E-state index in [1.807, 2.05) is 48.5 Å². The molecule has 0 N–H and O–H groups in total. The van der Waals surface area contributed by atoms with E-state index in [4.69, 9.17) is 16.0 Å². The van der Waals surface area contributed by atoms with Crippen molar-refractivity contribution in [1.29, 1.82) is 0 Å². The zero-order chi connectivity index (χ0) is 13.0. The average molecular weight is 332 g/mol. The highest BCUT2D eigenvalue weighted by atomic mass is 79.9. The number of rotatable bonds is 0. The lowest BCUT2D eigenvalue weighted by Gasteiger charge is -2.03. The van der Waals surface area contributed by atoms with Gasteiger partial charge in [0.2, 0.25) is 0 Å². The molecule has 0 saturated heterocycles. The van der Waals surface area contributed by atoms with Gasteiger partial charge in [0.25, 0.3) is 0 Å². The molecule has 0 bridgehead atoms. The minimum absolute atomic E-state index is 0.727. The summed E-state index contributed by atoms with van der Waals surface area (Å²) in [4.78, 5) is 0. The van der Waals surface area contributed by atoms with Crippen LogP contribution < -0.4 is 0 Å². The lowest BCUT2D eigenvalue weighted by Crippen LogP contribution is -1.77. The molecule has 1 aromatic heterocycles. The number of hydrogen-bond donors (Lipinski definition) is 0. The molecular weight excluding hydrogens is 324 g/mol. The summed E-state index contributed by atoms with van der Waals surface area (Å²) in [7, 11) is 0. The third-order valence-electron chi connectivity index (χ3n) is 3.39. The first-order chi connectivity index (χ1) is 9.25. The molecule has 92 valence electrons. The highest BCUT2D eigenvalue weighted by Gasteiger charge is 2.15. The van der Waals surface area contributed by atoms with Gasteiger partial charge in [-0.1, -0.05) is 57.9 Å². The molecule has 3 heteroatoms. The quantitative estimate of drug-likeness (QED) is 0.376. The molecule has 0 saturated carbocycles. The van der Waals surface area contributed by atoms with Crippen LogP contribution in [0.1, 0.15) is 0 Å². The van der Waals surface area contributed by atoms with Crippen molar-refractivity contribution < 1.29 is 4.42 Å². The van der Waals surface area contributed by atoms with Gasteiger partial charge in [-0.2, -0.15) is 0 Å². The molecule has 4 aromatic rings. The fourth-order valence-corrected chi connectivity index (χ4v) is 3.43. The molecule has 0 radical (unpaired) electrons. The first-order valence-electron chi connectivity index (χ1n) is 5.93. The predicted molar refractivity (Wildman–Crippen MR) is 83.9 cm³/mol. The Labute approximate surface area is 122 Å². The summed E-state index contributed by atoms with van der Waals surface area (Å²) in [5, 5.41) is 4.91. The van der Waals surface area contributed by atoms with E-state index < -0.39 is 0 Å². The summed E-state index contributed by atoms with van der Waals surface area (Å²) in [5.74, 6) is 0. The molecule has 1 heterocycles. The van der Waals surface area contributed by atoms with Gasteiger partial charge in [-0.15, -0.1) is 0 Å². The Bertz CT molecular complexity index is 940. The number of halogens is 2. The van der Waals surface area contributed by atoms with Gasteiger partial charge in [0.1, 0.15) is 11.2 Å². The van der Waals surface area contributed by atoms with Crippen LogP contribution in [-0.4, -0.2) is 0 Å². The summed E-state index contributed by atoms with van der Waals surface area (Å²) < 4.78 is 7.03. The average Bonchev–Trinajstić information content (AvgIpc) is 2.78. The zero-order valence-electron chi connectivity index (χ0n) is 9.78. The Morgan fingerprint density at radius 3 is 2.68 bits per heavy atom. The SMILES string of the molecule is Clc1cc2cccc(Br)c2c2oc3ccccc3c12. The summed E-state index contributed by atoms with van der Waals surface area (Å²) >= 11 is 10.0. The number of benzene rings is 3. The molecule has 0 atom stereocenters. The minimum Gasteiger partial charge on any atom is -0.455 e. The molecular formula is C16H8BrClO. The van der Waals surface area contributed by atoms with Crippen LogP contribution in [0.25, 0.3) is 32.7 Å². The summed E-state index contributed by atoms with van der Waals surface area (Å²) in [6.07, 6.45) is 0.